The van der Waals surface area contributed by atoms with Gasteiger partial charge < -0.3 is 0 Å². The molecule has 0 aliphatic carbocycles. The molecule has 0 aromatic heterocycles. The Bertz CT molecular complexity index is 87.5. The van der Waals surface area contributed by atoms with Crippen molar-refractivity contribution in [3.63, 3.8) is 0 Å². The van der Waals surface area contributed by atoms with E-state index in [1.807, 2.05) is 0 Å². The van der Waals surface area contributed by atoms with Gasteiger partial charge in [-0.2, -0.15) is 0 Å². The molecule has 0 aliphatic rings. The zero-order valence-corrected chi connectivity index (χ0v) is 5.97. The number of nitrogens with zero attached hydrogens (tertiary/aromatic N) is 3. The molecule has 8 heteroatoms. The van der Waals surface area contributed by atoms with Gasteiger partial charge in [0.2, 0.25) is 0 Å². The fourth-order valence-electron chi connectivity index (χ4n) is 0.0596. The summed E-state index contributed by atoms with van der Waals surface area (Å²) in [5.74, 6) is 0. The normalized spacial score (nSPS) is 6.50. The Morgan fingerprint density at radius 2 is 1.38 bits per heavy atom. The molecule has 40 valence electrons. The van der Waals surface area contributed by atoms with Crippen LogP contribution in [-0.4, -0.2) is 10.1 Å². The van der Waals surface area contributed by atoms with Gasteiger partial charge >= 0.3 is 29.6 Å². The number of hydrogen-bond acceptors (Lipinski definition) is 4. The number of nitro groups is 2. The third-order valence-corrected chi connectivity index (χ3v) is 0.146. The van der Waals surface area contributed by atoms with Crippen LogP contribution in [0, 0.1) is 20.2 Å². The maximum atomic E-state index is 9.01. The molecular formula is N3NaO4. The number of hydrogen-bond donors (Lipinski definition) is 0. The summed E-state index contributed by atoms with van der Waals surface area (Å²) in [6.45, 7) is 0. The topological polar surface area (TPSA) is 100 Å². The molecule has 0 rings (SSSR count). The summed E-state index contributed by atoms with van der Waals surface area (Å²) in [5.41, 5.74) is 1.72. The molecule has 0 aliphatic heterocycles. The smallest absolute Gasteiger partial charge is 0.264 e. The van der Waals surface area contributed by atoms with E-state index in [9.17, 15) is 0 Å². The molecule has 0 bridgehead atoms. The van der Waals surface area contributed by atoms with Gasteiger partial charge in [-0.05, 0) is 5.53 Å². The first-order valence-corrected chi connectivity index (χ1v) is 1.13. The van der Waals surface area contributed by atoms with Crippen LogP contribution in [-0.2, 0) is 0 Å². The Hall–Kier alpha value is -0.400. The van der Waals surface area contributed by atoms with Crippen molar-refractivity contribution >= 4 is 0 Å². The molecule has 0 aromatic rings. The Morgan fingerprint density at radius 1 is 1.12 bits per heavy atom. The standard InChI is InChI=1S/N3O4.Na/c4-2(5)1-3(6)7;/q-1;+1. The molecule has 0 fully saturated rings. The van der Waals surface area contributed by atoms with Gasteiger partial charge in [0, 0.05) is 10.1 Å². The molecule has 0 atom stereocenters. The predicted molar refractivity (Wildman–Crippen MR) is 17.3 cm³/mol. The van der Waals surface area contributed by atoms with Gasteiger partial charge in [0.1, 0.15) is 0 Å². The minimum absolute atomic E-state index is 0. The molecule has 8 heavy (non-hydrogen) atoms. The second kappa shape index (κ2) is 4.75. The molecule has 0 aromatic carbocycles. The van der Waals surface area contributed by atoms with E-state index >= 15 is 0 Å². The van der Waals surface area contributed by atoms with Gasteiger partial charge in [-0.15, -0.1) is 0 Å². The van der Waals surface area contributed by atoms with Crippen LogP contribution in [0.5, 0.6) is 0 Å². The first-order chi connectivity index (χ1) is 3.13. The van der Waals surface area contributed by atoms with Crippen molar-refractivity contribution in [1.82, 2.24) is 0 Å². The van der Waals surface area contributed by atoms with Crippen molar-refractivity contribution < 1.29 is 39.6 Å². The largest absolute Gasteiger partial charge is 1.00 e. The van der Waals surface area contributed by atoms with E-state index in [1.165, 1.54) is 0 Å². The Kier molecular flexibility index (Phi) is 6.27. The summed E-state index contributed by atoms with van der Waals surface area (Å²) in [5, 5.41) is 15.3. The van der Waals surface area contributed by atoms with E-state index in [4.69, 9.17) is 20.2 Å². The average molecular weight is 129 g/mol. The first kappa shape index (κ1) is 10.6. The molecular weight excluding hydrogens is 129 g/mol. The van der Waals surface area contributed by atoms with Crippen LogP contribution in [0.2, 0.25) is 0 Å². The van der Waals surface area contributed by atoms with Crippen LogP contribution in [0.15, 0.2) is 0 Å². The Balaban J connectivity index is 0. The maximum Gasteiger partial charge on any atom is 1.00 e. The van der Waals surface area contributed by atoms with Gasteiger partial charge in [0.25, 0.3) is 0 Å². The number of rotatable bonds is 2. The van der Waals surface area contributed by atoms with Crippen molar-refractivity contribution in [3.8, 4) is 0 Å². The first-order valence-electron chi connectivity index (χ1n) is 1.13. The molecule has 0 heterocycles. The second-order valence-corrected chi connectivity index (χ2v) is 0.565. The Morgan fingerprint density at radius 3 is 1.38 bits per heavy atom. The molecule has 0 saturated heterocycles. The third-order valence-electron chi connectivity index (χ3n) is 0.146. The van der Waals surface area contributed by atoms with Gasteiger partial charge in [-0.3, -0.25) is 20.2 Å². The molecule has 0 radical (unpaired) electrons. The van der Waals surface area contributed by atoms with Crippen LogP contribution in [0.4, 0.5) is 0 Å². The predicted octanol–water partition coefficient (Wildman–Crippen LogP) is -3.25. The van der Waals surface area contributed by atoms with E-state index in [1.54, 1.807) is 5.53 Å². The van der Waals surface area contributed by atoms with Crippen molar-refractivity contribution in [3.05, 3.63) is 25.8 Å². The van der Waals surface area contributed by atoms with Crippen molar-refractivity contribution in [2.24, 2.45) is 0 Å². The van der Waals surface area contributed by atoms with Gasteiger partial charge in [0.15, 0.2) is 0 Å². The summed E-state index contributed by atoms with van der Waals surface area (Å²) in [7, 11) is 0. The molecule has 0 unspecified atom stereocenters. The zero-order chi connectivity index (χ0) is 5.86. The van der Waals surface area contributed by atoms with E-state index in [-0.39, 0.29) is 29.6 Å². The van der Waals surface area contributed by atoms with Crippen LogP contribution in [0.3, 0.4) is 0 Å². The van der Waals surface area contributed by atoms with Gasteiger partial charge in [-0.1, -0.05) is 0 Å². The van der Waals surface area contributed by atoms with Crippen molar-refractivity contribution in [1.29, 1.82) is 0 Å². The van der Waals surface area contributed by atoms with Crippen molar-refractivity contribution in [2.75, 3.05) is 0 Å². The minimum Gasteiger partial charge on any atom is -0.264 e. The SMILES string of the molecule is O=[N+]([O-])[N-][N+](=O)[O-].[Na+]. The summed E-state index contributed by atoms with van der Waals surface area (Å²) in [6.07, 6.45) is 0. The van der Waals surface area contributed by atoms with Gasteiger partial charge in [0.05, 0.1) is 0 Å². The Labute approximate surface area is 65.6 Å². The van der Waals surface area contributed by atoms with Gasteiger partial charge in [-0.25, -0.2) is 0 Å². The average Bonchev–Trinajstić information content (AvgIpc) is 1.27. The third kappa shape index (κ3) is 9.14. The quantitative estimate of drug-likeness (QED) is 0.222. The van der Waals surface area contributed by atoms with Crippen LogP contribution >= 0.6 is 0 Å². The molecule has 0 amide bonds. The molecule has 0 N–H and O–H groups in total. The second-order valence-electron chi connectivity index (χ2n) is 0.565. The molecule has 0 spiro atoms. The van der Waals surface area contributed by atoms with E-state index in [0.29, 0.717) is 0 Å². The minimum atomic E-state index is -1.38. The monoisotopic (exact) mass is 129 g/mol. The maximum absolute atomic E-state index is 9.01. The fraction of sp³-hybridized carbons (Fsp3) is 0. The van der Waals surface area contributed by atoms with Crippen LogP contribution in [0.25, 0.3) is 5.53 Å². The van der Waals surface area contributed by atoms with Crippen LogP contribution in [0.1, 0.15) is 0 Å². The summed E-state index contributed by atoms with van der Waals surface area (Å²) in [4.78, 5) is 18.0. The fourth-order valence-corrected chi connectivity index (χ4v) is 0.0596. The summed E-state index contributed by atoms with van der Waals surface area (Å²) >= 11 is 0. The van der Waals surface area contributed by atoms with E-state index in [0.717, 1.165) is 0 Å². The molecule has 0 saturated carbocycles. The van der Waals surface area contributed by atoms with Crippen LogP contribution < -0.4 is 29.6 Å². The summed E-state index contributed by atoms with van der Waals surface area (Å²) < 4.78 is 0. The van der Waals surface area contributed by atoms with E-state index < -0.39 is 10.1 Å². The van der Waals surface area contributed by atoms with E-state index in [2.05, 4.69) is 0 Å². The molecule has 7 nitrogen and oxygen atoms in total. The zero-order valence-electron chi connectivity index (χ0n) is 3.97. The summed E-state index contributed by atoms with van der Waals surface area (Å²) in [6, 6.07) is 0. The van der Waals surface area contributed by atoms with Crippen molar-refractivity contribution in [2.45, 2.75) is 0 Å².